The molecule has 40 heavy (non-hydrogen) atoms. The molecule has 1 saturated carbocycles. The first kappa shape index (κ1) is 31.1. The molecule has 0 spiro atoms. The largest absolute Gasteiger partial charge is 0.478 e. The van der Waals surface area contributed by atoms with Crippen molar-refractivity contribution in [2.75, 3.05) is 11.3 Å². The number of alkyl halides is 3. The van der Waals surface area contributed by atoms with Crippen molar-refractivity contribution in [2.45, 2.75) is 50.2 Å². The highest BCUT2D eigenvalue weighted by atomic mass is 35.5. The Morgan fingerprint density at radius 2 is 1.75 bits per heavy atom. The van der Waals surface area contributed by atoms with Gasteiger partial charge in [-0.15, -0.1) is 12.4 Å². The number of hydrogen-bond donors (Lipinski definition) is 3. The number of aryl methyl sites for hydroxylation is 2. The van der Waals surface area contributed by atoms with Gasteiger partial charge < -0.3 is 15.6 Å². The highest BCUT2D eigenvalue weighted by molar-refractivity contribution is 7.92. The molecule has 0 unspecified atom stereocenters. The molecule has 1 fully saturated rings. The minimum absolute atomic E-state index is 0. The topological polar surface area (TPSA) is 144 Å². The Kier molecular flexibility index (Phi) is 9.02. The smallest absolute Gasteiger partial charge is 0.394 e. The number of rotatable bonds is 10. The molecular weight excluding hydrogens is 573 g/mol. The van der Waals surface area contributed by atoms with E-state index in [0.29, 0.717) is 11.3 Å². The van der Waals surface area contributed by atoms with Crippen molar-refractivity contribution in [2.24, 2.45) is 11.1 Å². The number of nitrogens with two attached hydrogens (primary N) is 1. The number of carboxylic acid groups (broad SMARTS) is 1. The van der Waals surface area contributed by atoms with Gasteiger partial charge in [0.1, 0.15) is 6.61 Å². The Hall–Kier alpha value is -3.42. The number of hydrogen-bond acceptors (Lipinski definition) is 7. The minimum atomic E-state index is -4.35. The summed E-state index contributed by atoms with van der Waals surface area (Å²) in [6.07, 6.45) is -4.62. The summed E-state index contributed by atoms with van der Waals surface area (Å²) in [6.45, 7) is 3.40. The molecule has 0 saturated heterocycles. The van der Waals surface area contributed by atoms with Gasteiger partial charge in [0, 0.05) is 17.7 Å². The van der Waals surface area contributed by atoms with E-state index < -0.39 is 33.6 Å². The summed E-state index contributed by atoms with van der Waals surface area (Å²) < 4.78 is 74.0. The molecule has 0 radical (unpaired) electrons. The molecule has 4 rings (SSSR count). The Labute approximate surface area is 235 Å². The molecule has 14 heteroatoms. The first-order valence-corrected chi connectivity index (χ1v) is 13.5. The molecule has 216 valence electrons. The third kappa shape index (κ3) is 6.83. The van der Waals surface area contributed by atoms with Crippen LogP contribution in [0.25, 0.3) is 11.3 Å². The van der Waals surface area contributed by atoms with Crippen molar-refractivity contribution in [3.05, 3.63) is 65.2 Å². The number of ether oxygens (including phenoxy) is 1. The lowest BCUT2D eigenvalue weighted by molar-refractivity contribution is -0.190. The zero-order valence-corrected chi connectivity index (χ0v) is 23.2. The summed E-state index contributed by atoms with van der Waals surface area (Å²) in [7, 11) is -4.31. The van der Waals surface area contributed by atoms with Gasteiger partial charge in [-0.1, -0.05) is 24.3 Å². The Bertz CT molecular complexity index is 1490. The first-order chi connectivity index (χ1) is 18.2. The van der Waals surface area contributed by atoms with Crippen LogP contribution in [0.3, 0.4) is 0 Å². The van der Waals surface area contributed by atoms with Gasteiger partial charge >= 0.3 is 12.1 Å². The van der Waals surface area contributed by atoms with Crippen LogP contribution < -0.4 is 15.2 Å². The summed E-state index contributed by atoms with van der Waals surface area (Å²) in [5, 5.41) is 9.21. The average molecular weight is 601 g/mol. The van der Waals surface area contributed by atoms with E-state index in [1.54, 1.807) is 0 Å². The average Bonchev–Trinajstić information content (AvgIpc) is 3.63. The van der Waals surface area contributed by atoms with Gasteiger partial charge in [-0.3, -0.25) is 0 Å². The SMILES string of the molecule is Cc1cccc(C)c1-c1cc(OC[C@H](N)CC2(C(F)(F)F)CC2)nc(NS(=O)(=O)c2cccc(C(=O)O)c2)n1.Cl. The second-order valence-corrected chi connectivity index (χ2v) is 11.4. The van der Waals surface area contributed by atoms with Crippen molar-refractivity contribution in [3.8, 4) is 17.1 Å². The summed E-state index contributed by atoms with van der Waals surface area (Å²) in [5.41, 5.74) is 6.62. The highest BCUT2D eigenvalue weighted by Gasteiger charge is 2.63. The fraction of sp³-hybridized carbons (Fsp3) is 0.346. The van der Waals surface area contributed by atoms with Crippen molar-refractivity contribution in [3.63, 3.8) is 0 Å². The van der Waals surface area contributed by atoms with E-state index in [0.717, 1.165) is 17.2 Å². The number of carbonyl (C=O) groups is 1. The molecule has 9 nitrogen and oxygen atoms in total. The summed E-state index contributed by atoms with van der Waals surface area (Å²) in [6, 6.07) is 10.8. The quantitative estimate of drug-likeness (QED) is 0.291. The molecule has 3 aromatic rings. The molecule has 0 amide bonds. The predicted octanol–water partition coefficient (Wildman–Crippen LogP) is 5.12. The number of sulfonamides is 1. The molecule has 1 heterocycles. The van der Waals surface area contributed by atoms with Crippen LogP contribution in [0.1, 0.15) is 40.7 Å². The Morgan fingerprint density at radius 1 is 1.12 bits per heavy atom. The van der Waals surface area contributed by atoms with Crippen molar-refractivity contribution in [1.29, 1.82) is 0 Å². The van der Waals surface area contributed by atoms with Gasteiger partial charge in [-0.05, 0) is 62.4 Å². The number of aromatic nitrogens is 2. The van der Waals surface area contributed by atoms with Crippen LogP contribution in [-0.4, -0.2) is 48.3 Å². The van der Waals surface area contributed by atoms with E-state index in [4.69, 9.17) is 10.5 Å². The van der Waals surface area contributed by atoms with E-state index in [9.17, 15) is 31.5 Å². The van der Waals surface area contributed by atoms with Gasteiger partial charge in [-0.25, -0.2) is 22.9 Å². The number of carboxylic acids is 1. The van der Waals surface area contributed by atoms with Gasteiger partial charge in [0.25, 0.3) is 10.0 Å². The lowest BCUT2D eigenvalue weighted by atomic mass is 9.97. The van der Waals surface area contributed by atoms with Crippen molar-refractivity contribution >= 4 is 34.3 Å². The van der Waals surface area contributed by atoms with Crippen LogP contribution in [0.4, 0.5) is 19.1 Å². The van der Waals surface area contributed by atoms with Crippen molar-refractivity contribution in [1.82, 2.24) is 9.97 Å². The number of aromatic carboxylic acids is 1. The maximum atomic E-state index is 13.3. The monoisotopic (exact) mass is 600 g/mol. The molecule has 0 bridgehead atoms. The van der Waals surface area contributed by atoms with Crippen LogP contribution >= 0.6 is 12.4 Å². The molecule has 1 aromatic heterocycles. The molecule has 0 aliphatic heterocycles. The van der Waals surface area contributed by atoms with Gasteiger partial charge in [0.2, 0.25) is 11.8 Å². The standard InChI is InChI=1S/C26H27F3N4O5S.ClH/c1-15-5-3-6-16(2)22(15)20-12-21(38-14-18(30)13-25(9-10-25)26(27,28)29)32-24(31-20)33-39(36,37)19-8-4-7-17(11-19)23(34)35;/h3-8,11-12,18H,9-10,13-14,30H2,1-2H3,(H,34,35)(H,31,32,33);1H/t18-;/m1./s1. The fourth-order valence-electron chi connectivity index (χ4n) is 4.37. The van der Waals surface area contributed by atoms with E-state index in [1.807, 2.05) is 32.0 Å². The maximum absolute atomic E-state index is 13.3. The Balaban J connectivity index is 0.00000441. The second kappa shape index (κ2) is 11.6. The zero-order chi connectivity index (χ0) is 28.6. The van der Waals surface area contributed by atoms with Crippen LogP contribution in [0, 0.1) is 19.3 Å². The number of nitrogens with one attached hydrogen (secondary N) is 1. The number of nitrogens with zero attached hydrogens (tertiary/aromatic N) is 2. The van der Waals surface area contributed by atoms with Crippen LogP contribution in [0.15, 0.2) is 53.4 Å². The number of halogens is 4. The predicted molar refractivity (Wildman–Crippen MR) is 144 cm³/mol. The van der Waals surface area contributed by atoms with Gasteiger partial charge in [0.05, 0.1) is 21.6 Å². The second-order valence-electron chi connectivity index (χ2n) is 9.67. The normalized spacial score (nSPS) is 15.1. The molecule has 2 aromatic carbocycles. The maximum Gasteiger partial charge on any atom is 0.394 e. The fourth-order valence-corrected chi connectivity index (χ4v) is 5.36. The lowest BCUT2D eigenvalue weighted by Crippen LogP contribution is -2.36. The summed E-state index contributed by atoms with van der Waals surface area (Å²) in [5.74, 6) is -1.76. The number of anilines is 1. The van der Waals surface area contributed by atoms with Gasteiger partial charge in [0.15, 0.2) is 0 Å². The van der Waals surface area contributed by atoms with Crippen molar-refractivity contribution < 1.29 is 36.2 Å². The third-order valence-corrected chi connectivity index (χ3v) is 7.94. The van der Waals surface area contributed by atoms with Crippen LogP contribution in [0.2, 0.25) is 0 Å². The molecular formula is C26H28ClF3N4O5S. The van der Waals surface area contributed by atoms with Gasteiger partial charge in [-0.2, -0.15) is 18.2 Å². The van der Waals surface area contributed by atoms with Crippen LogP contribution in [-0.2, 0) is 10.0 Å². The molecule has 1 atom stereocenters. The van der Waals surface area contributed by atoms with E-state index >= 15 is 0 Å². The highest BCUT2D eigenvalue weighted by Crippen LogP contribution is 2.60. The van der Waals surface area contributed by atoms with E-state index in [2.05, 4.69) is 14.7 Å². The summed E-state index contributed by atoms with van der Waals surface area (Å²) >= 11 is 0. The molecule has 1 aliphatic rings. The zero-order valence-electron chi connectivity index (χ0n) is 21.5. The minimum Gasteiger partial charge on any atom is -0.478 e. The molecule has 4 N–H and O–H groups in total. The van der Waals surface area contributed by atoms with E-state index in [1.165, 1.54) is 24.3 Å². The number of benzene rings is 2. The van der Waals surface area contributed by atoms with E-state index in [-0.39, 0.29) is 60.6 Å². The first-order valence-electron chi connectivity index (χ1n) is 12.0. The third-order valence-electron chi connectivity index (χ3n) is 6.61. The summed E-state index contributed by atoms with van der Waals surface area (Å²) in [4.78, 5) is 19.4. The van der Waals surface area contributed by atoms with Crippen LogP contribution in [0.5, 0.6) is 5.88 Å². The lowest BCUT2D eigenvalue weighted by Gasteiger charge is -2.23. The molecule has 1 aliphatic carbocycles. The Morgan fingerprint density at radius 3 is 2.33 bits per heavy atom.